The minimum absolute atomic E-state index is 0.00966. The highest BCUT2D eigenvalue weighted by molar-refractivity contribution is 6.08. The van der Waals surface area contributed by atoms with Crippen LogP contribution in [-0.4, -0.2) is 16.9 Å². The highest BCUT2D eigenvalue weighted by atomic mass is 16.2. The van der Waals surface area contributed by atoms with Crippen molar-refractivity contribution in [3.05, 3.63) is 83.2 Å². The van der Waals surface area contributed by atoms with Crippen LogP contribution in [0.3, 0.4) is 0 Å². The lowest BCUT2D eigenvalue weighted by molar-refractivity contribution is 0.0981. The summed E-state index contributed by atoms with van der Waals surface area (Å²) < 4.78 is 0. The predicted molar refractivity (Wildman–Crippen MR) is 110 cm³/mol. The molecule has 27 heavy (non-hydrogen) atoms. The zero-order valence-corrected chi connectivity index (χ0v) is 15.9. The normalized spacial score (nSPS) is 15.5. The molecule has 4 heteroatoms. The van der Waals surface area contributed by atoms with E-state index in [4.69, 9.17) is 0 Å². The third kappa shape index (κ3) is 3.31. The lowest BCUT2D eigenvalue weighted by atomic mass is 10.1. The second-order valence-electron chi connectivity index (χ2n) is 7.26. The summed E-state index contributed by atoms with van der Waals surface area (Å²) in [5.41, 5.74) is 6.99. The third-order valence-electron chi connectivity index (χ3n) is 5.08. The molecule has 4 nitrogen and oxygen atoms in total. The number of para-hydroxylation sites is 1. The van der Waals surface area contributed by atoms with Crippen molar-refractivity contribution >= 4 is 23.0 Å². The lowest BCUT2D eigenvalue weighted by Gasteiger charge is -2.23. The summed E-state index contributed by atoms with van der Waals surface area (Å²) in [6.45, 7) is 6.21. The minimum Gasteiger partial charge on any atom is -0.354 e. The Balaban J connectivity index is 1.63. The molecule has 0 spiro atoms. The number of anilines is 3. The Morgan fingerprint density at radius 1 is 1.11 bits per heavy atom. The molecule has 0 aliphatic carbocycles. The van der Waals surface area contributed by atoms with Gasteiger partial charge in [-0.05, 0) is 62.1 Å². The van der Waals surface area contributed by atoms with Crippen LogP contribution in [0.1, 0.15) is 34.0 Å². The molecule has 1 amide bonds. The number of benzene rings is 2. The molecule has 1 N–H and O–H groups in total. The van der Waals surface area contributed by atoms with Crippen LogP contribution in [0.5, 0.6) is 0 Å². The van der Waals surface area contributed by atoms with Crippen molar-refractivity contribution in [3.63, 3.8) is 0 Å². The molecule has 1 unspecified atom stereocenters. The number of amides is 1. The first-order chi connectivity index (χ1) is 13.0. The Kier molecular flexibility index (Phi) is 4.40. The van der Waals surface area contributed by atoms with Gasteiger partial charge in [0.05, 0.1) is 17.4 Å². The molecular weight excluding hydrogens is 334 g/mol. The van der Waals surface area contributed by atoms with Crippen molar-refractivity contribution in [1.29, 1.82) is 0 Å². The number of nitrogens with zero attached hydrogens (tertiary/aromatic N) is 2. The van der Waals surface area contributed by atoms with Crippen molar-refractivity contribution in [2.45, 2.75) is 33.2 Å². The number of aryl methyl sites for hydroxylation is 2. The zero-order chi connectivity index (χ0) is 19.0. The number of carbonyl (C=O) groups is 1. The number of hydrogen-bond donors (Lipinski definition) is 1. The molecule has 1 aromatic heterocycles. The molecule has 0 saturated carbocycles. The van der Waals surface area contributed by atoms with Crippen molar-refractivity contribution in [2.75, 3.05) is 10.2 Å². The van der Waals surface area contributed by atoms with E-state index in [1.165, 1.54) is 11.1 Å². The van der Waals surface area contributed by atoms with Gasteiger partial charge in [0.2, 0.25) is 0 Å². The minimum atomic E-state index is -0.00966. The van der Waals surface area contributed by atoms with Crippen LogP contribution in [0, 0.1) is 13.8 Å². The Morgan fingerprint density at radius 3 is 2.78 bits per heavy atom. The molecule has 0 bridgehead atoms. The van der Waals surface area contributed by atoms with Crippen LogP contribution in [-0.2, 0) is 6.42 Å². The summed E-state index contributed by atoms with van der Waals surface area (Å²) in [4.78, 5) is 19.4. The summed E-state index contributed by atoms with van der Waals surface area (Å²) in [5, 5.41) is 3.40. The SMILES string of the molecule is Cc1ccc(C)c(Nc2cncc(C(=O)N3c4ccccc4CC3C)c2)c1. The molecule has 0 fully saturated rings. The molecule has 3 aromatic rings. The van der Waals surface area contributed by atoms with E-state index in [0.29, 0.717) is 5.56 Å². The Morgan fingerprint density at radius 2 is 1.93 bits per heavy atom. The number of rotatable bonds is 3. The number of hydrogen-bond acceptors (Lipinski definition) is 3. The van der Waals surface area contributed by atoms with Crippen molar-refractivity contribution in [2.24, 2.45) is 0 Å². The zero-order valence-electron chi connectivity index (χ0n) is 15.9. The van der Waals surface area contributed by atoms with Gasteiger partial charge in [-0.15, -0.1) is 0 Å². The first-order valence-corrected chi connectivity index (χ1v) is 9.24. The molecular formula is C23H23N3O. The van der Waals surface area contributed by atoms with Gasteiger partial charge in [0, 0.05) is 23.6 Å². The number of fused-ring (bicyclic) bond motifs is 1. The summed E-state index contributed by atoms with van der Waals surface area (Å²) >= 11 is 0. The van der Waals surface area contributed by atoms with Gasteiger partial charge in [-0.1, -0.05) is 30.3 Å². The molecule has 4 rings (SSSR count). The van der Waals surface area contributed by atoms with Crippen molar-refractivity contribution < 1.29 is 4.79 Å². The number of nitrogens with one attached hydrogen (secondary N) is 1. The van der Waals surface area contributed by atoms with E-state index in [1.54, 1.807) is 12.4 Å². The average Bonchev–Trinajstić information content (AvgIpc) is 3.00. The molecule has 0 saturated heterocycles. The van der Waals surface area contributed by atoms with Gasteiger partial charge in [-0.3, -0.25) is 9.78 Å². The van der Waals surface area contributed by atoms with Crippen LogP contribution >= 0.6 is 0 Å². The second kappa shape index (κ2) is 6.88. The molecule has 136 valence electrons. The van der Waals surface area contributed by atoms with Crippen LogP contribution in [0.15, 0.2) is 60.9 Å². The van der Waals surface area contributed by atoms with E-state index in [2.05, 4.69) is 55.3 Å². The quantitative estimate of drug-likeness (QED) is 0.715. The van der Waals surface area contributed by atoms with Crippen molar-refractivity contribution in [1.82, 2.24) is 4.98 Å². The topological polar surface area (TPSA) is 45.2 Å². The fraction of sp³-hybridized carbons (Fsp3) is 0.217. The first-order valence-electron chi connectivity index (χ1n) is 9.24. The first kappa shape index (κ1) is 17.3. The second-order valence-corrected chi connectivity index (χ2v) is 7.26. The Labute approximate surface area is 159 Å². The van der Waals surface area contributed by atoms with Crippen LogP contribution in [0.2, 0.25) is 0 Å². The molecule has 1 aliphatic heterocycles. The van der Waals surface area contributed by atoms with Gasteiger partial charge in [0.15, 0.2) is 0 Å². The van der Waals surface area contributed by atoms with E-state index >= 15 is 0 Å². The highest BCUT2D eigenvalue weighted by Gasteiger charge is 2.31. The van der Waals surface area contributed by atoms with Crippen LogP contribution in [0.25, 0.3) is 0 Å². The van der Waals surface area contributed by atoms with Crippen LogP contribution in [0.4, 0.5) is 17.1 Å². The third-order valence-corrected chi connectivity index (χ3v) is 5.08. The maximum atomic E-state index is 13.2. The maximum Gasteiger partial charge on any atom is 0.260 e. The van der Waals surface area contributed by atoms with Crippen molar-refractivity contribution in [3.8, 4) is 0 Å². The monoisotopic (exact) mass is 357 g/mol. The maximum absolute atomic E-state index is 13.2. The lowest BCUT2D eigenvalue weighted by Crippen LogP contribution is -2.35. The van der Waals surface area contributed by atoms with E-state index in [0.717, 1.165) is 29.0 Å². The molecule has 0 radical (unpaired) electrons. The number of aromatic nitrogens is 1. The van der Waals surface area contributed by atoms with Gasteiger partial charge in [-0.25, -0.2) is 0 Å². The summed E-state index contributed by atoms with van der Waals surface area (Å²) in [6.07, 6.45) is 4.28. The van der Waals surface area contributed by atoms with Gasteiger partial charge < -0.3 is 10.2 Å². The van der Waals surface area contributed by atoms with E-state index in [9.17, 15) is 4.79 Å². The van der Waals surface area contributed by atoms with Gasteiger partial charge in [0.25, 0.3) is 5.91 Å². The fourth-order valence-corrected chi connectivity index (χ4v) is 3.67. The number of pyridine rings is 1. The highest BCUT2D eigenvalue weighted by Crippen LogP contribution is 2.33. The van der Waals surface area contributed by atoms with Gasteiger partial charge in [0.1, 0.15) is 0 Å². The summed E-state index contributed by atoms with van der Waals surface area (Å²) in [7, 11) is 0. The molecule has 1 aliphatic rings. The number of carbonyl (C=O) groups excluding carboxylic acids is 1. The van der Waals surface area contributed by atoms with E-state index < -0.39 is 0 Å². The van der Waals surface area contributed by atoms with Crippen LogP contribution < -0.4 is 10.2 Å². The summed E-state index contributed by atoms with van der Waals surface area (Å²) in [6, 6.07) is 16.4. The average molecular weight is 357 g/mol. The molecule has 1 atom stereocenters. The largest absolute Gasteiger partial charge is 0.354 e. The van der Waals surface area contributed by atoms with E-state index in [1.807, 2.05) is 29.2 Å². The van der Waals surface area contributed by atoms with E-state index in [-0.39, 0.29) is 11.9 Å². The smallest absolute Gasteiger partial charge is 0.260 e. The van der Waals surface area contributed by atoms with Gasteiger partial charge >= 0.3 is 0 Å². The summed E-state index contributed by atoms with van der Waals surface area (Å²) in [5.74, 6) is -0.00966. The molecule has 2 heterocycles. The fourth-order valence-electron chi connectivity index (χ4n) is 3.67. The predicted octanol–water partition coefficient (Wildman–Crippen LogP) is 5.03. The van der Waals surface area contributed by atoms with Gasteiger partial charge in [-0.2, -0.15) is 0 Å². The Bertz CT molecular complexity index is 1010. The Hall–Kier alpha value is -3.14. The molecule has 2 aromatic carbocycles. The standard InChI is InChI=1S/C23H23N3O/c1-15-8-9-16(2)21(10-15)25-20-12-19(13-24-14-20)23(27)26-17(3)11-18-6-4-5-7-22(18)26/h4-10,12-14,17,25H,11H2,1-3H3.